The van der Waals surface area contributed by atoms with E-state index in [1.807, 2.05) is 0 Å². The molecule has 0 amide bonds. The number of hydrogen-bond donors (Lipinski definition) is 3. The lowest BCUT2D eigenvalue weighted by Gasteiger charge is -2.24. The van der Waals surface area contributed by atoms with E-state index in [4.69, 9.17) is 4.55 Å². The lowest BCUT2D eigenvalue weighted by Crippen LogP contribution is -2.39. The summed E-state index contributed by atoms with van der Waals surface area (Å²) in [5.74, 6) is -0.584. The smallest absolute Gasteiger partial charge is 0.264 e. The molecule has 2 aromatic rings. The fourth-order valence-electron chi connectivity index (χ4n) is 3.25. The highest BCUT2D eigenvalue weighted by Gasteiger charge is 2.37. The summed E-state index contributed by atoms with van der Waals surface area (Å²) < 4.78 is 29.2. The summed E-state index contributed by atoms with van der Waals surface area (Å²) in [5.41, 5.74) is -1.12. The molecule has 3 N–H and O–H groups in total. The molecule has 6 nitrogen and oxygen atoms in total. The van der Waals surface area contributed by atoms with Gasteiger partial charge in [0.15, 0.2) is 5.60 Å². The number of carbonyl (C=O) groups excluding carboxylic acids is 1. The third kappa shape index (κ3) is 10.5. The van der Waals surface area contributed by atoms with E-state index in [9.17, 15) is 23.4 Å². The molecule has 0 aliphatic carbocycles. The average molecular weight is 465 g/mol. The van der Waals surface area contributed by atoms with E-state index in [1.54, 1.807) is 60.7 Å². The van der Waals surface area contributed by atoms with E-state index in [-0.39, 0.29) is 5.75 Å². The molecule has 0 bridgehead atoms. The Kier molecular flexibility index (Phi) is 13.0. The minimum Gasteiger partial charge on any atom is -0.393 e. The highest BCUT2D eigenvalue weighted by molar-refractivity contribution is 7.85. The number of aliphatic hydroxyl groups excluding tert-OH is 1. The normalized spacial score (nSPS) is 13.0. The molecular formula is C25H36O6S. The Morgan fingerprint density at radius 2 is 1.28 bits per heavy atom. The maximum absolute atomic E-state index is 12.3. The first kappa shape index (κ1) is 28.0. The summed E-state index contributed by atoms with van der Waals surface area (Å²) in [6.45, 7) is 1.54. The largest absolute Gasteiger partial charge is 0.393 e. The third-order valence-electron chi connectivity index (χ3n) is 5.15. The predicted octanol–water partition coefficient (Wildman–Crippen LogP) is 4.76. The third-order valence-corrected chi connectivity index (χ3v) is 5.95. The first-order chi connectivity index (χ1) is 15.2. The molecule has 0 heterocycles. The summed E-state index contributed by atoms with van der Waals surface area (Å²) in [7, 11) is -3.73. The first-order valence-electron chi connectivity index (χ1n) is 11.2. The van der Waals surface area contributed by atoms with Crippen molar-refractivity contribution in [3.8, 4) is 0 Å². The minimum absolute atomic E-state index is 0.0814. The van der Waals surface area contributed by atoms with Crippen molar-refractivity contribution in [3.05, 3.63) is 71.8 Å². The van der Waals surface area contributed by atoms with Gasteiger partial charge >= 0.3 is 0 Å². The average Bonchev–Trinajstić information content (AvgIpc) is 2.80. The van der Waals surface area contributed by atoms with E-state index >= 15 is 0 Å². The fraction of sp³-hybridized carbons (Fsp3) is 0.480. The van der Waals surface area contributed by atoms with Gasteiger partial charge < -0.3 is 10.2 Å². The van der Waals surface area contributed by atoms with Crippen molar-refractivity contribution in [1.82, 2.24) is 0 Å². The predicted molar refractivity (Wildman–Crippen MR) is 127 cm³/mol. The van der Waals surface area contributed by atoms with Gasteiger partial charge in [-0.25, -0.2) is 0 Å². The highest BCUT2D eigenvalue weighted by Crippen LogP contribution is 2.25. The van der Waals surface area contributed by atoms with Crippen molar-refractivity contribution in [1.29, 1.82) is 0 Å². The standard InChI is InChI=1S/C15H14O3.C10H22O3S/c16-11-15(18,13-9-5-2-6-10-13)14(17)12-7-3-1-4-8-12;1-2-3-4-5-6-7-8-9-10-14(11,12)13/h1-10,16,18H,11H2;2-10H2,1H3,(H,11,12,13). The van der Waals surface area contributed by atoms with Gasteiger partial charge in [0.2, 0.25) is 5.78 Å². The van der Waals surface area contributed by atoms with Gasteiger partial charge in [0, 0.05) is 5.56 Å². The van der Waals surface area contributed by atoms with Crippen LogP contribution in [0, 0.1) is 0 Å². The second kappa shape index (κ2) is 14.9. The summed E-state index contributed by atoms with van der Waals surface area (Å²) >= 11 is 0. The maximum Gasteiger partial charge on any atom is 0.264 e. The number of hydrogen-bond acceptors (Lipinski definition) is 5. The van der Waals surface area contributed by atoms with Crippen LogP contribution in [0.5, 0.6) is 0 Å². The second-order valence-electron chi connectivity index (χ2n) is 7.84. The van der Waals surface area contributed by atoms with E-state index in [0.29, 0.717) is 17.5 Å². The Bertz CT molecular complexity index is 868. The molecule has 0 aliphatic rings. The molecule has 178 valence electrons. The second-order valence-corrected chi connectivity index (χ2v) is 9.41. The number of aliphatic hydroxyl groups is 2. The molecule has 0 saturated carbocycles. The Morgan fingerprint density at radius 1 is 0.812 bits per heavy atom. The Hall–Kier alpha value is -2.06. The summed E-state index contributed by atoms with van der Waals surface area (Å²) in [6.07, 6.45) is 8.85. The van der Waals surface area contributed by atoms with Crippen LogP contribution in [0.25, 0.3) is 0 Å². The van der Waals surface area contributed by atoms with Crippen molar-refractivity contribution in [2.75, 3.05) is 12.4 Å². The molecule has 32 heavy (non-hydrogen) atoms. The summed E-state index contributed by atoms with van der Waals surface area (Å²) in [4.78, 5) is 12.3. The number of rotatable bonds is 13. The molecule has 0 spiro atoms. The van der Waals surface area contributed by atoms with Gasteiger partial charge in [-0.2, -0.15) is 8.42 Å². The van der Waals surface area contributed by atoms with Gasteiger partial charge in [0.25, 0.3) is 10.1 Å². The van der Waals surface area contributed by atoms with Crippen LogP contribution in [-0.2, 0) is 15.7 Å². The van der Waals surface area contributed by atoms with Crippen molar-refractivity contribution < 1.29 is 28.0 Å². The molecule has 2 rings (SSSR count). The van der Waals surface area contributed by atoms with Crippen molar-refractivity contribution in [2.24, 2.45) is 0 Å². The molecule has 0 aromatic heterocycles. The molecular weight excluding hydrogens is 428 g/mol. The van der Waals surface area contributed by atoms with E-state index in [1.165, 1.54) is 32.1 Å². The zero-order valence-corrected chi connectivity index (χ0v) is 19.6. The number of Topliss-reactive ketones (excluding diaryl/α,β-unsaturated/α-hetero) is 1. The molecule has 1 unspecified atom stereocenters. The molecule has 0 aliphatic heterocycles. The van der Waals surface area contributed by atoms with Crippen LogP contribution in [0.2, 0.25) is 0 Å². The molecule has 7 heteroatoms. The van der Waals surface area contributed by atoms with Crippen LogP contribution in [-0.4, -0.2) is 41.3 Å². The van der Waals surface area contributed by atoms with Crippen molar-refractivity contribution >= 4 is 15.9 Å². The first-order valence-corrected chi connectivity index (χ1v) is 12.8. The molecule has 1 atom stereocenters. The van der Waals surface area contributed by atoms with Crippen LogP contribution < -0.4 is 0 Å². The summed E-state index contributed by atoms with van der Waals surface area (Å²) in [6, 6.07) is 16.9. The van der Waals surface area contributed by atoms with Crippen LogP contribution in [0.15, 0.2) is 60.7 Å². The van der Waals surface area contributed by atoms with E-state index < -0.39 is 28.1 Å². The highest BCUT2D eigenvalue weighted by atomic mass is 32.2. The maximum atomic E-state index is 12.3. The monoisotopic (exact) mass is 464 g/mol. The Morgan fingerprint density at radius 3 is 1.75 bits per heavy atom. The van der Waals surface area contributed by atoms with E-state index in [2.05, 4.69) is 6.92 Å². The van der Waals surface area contributed by atoms with Gasteiger partial charge in [0.1, 0.15) is 0 Å². The van der Waals surface area contributed by atoms with Crippen molar-refractivity contribution in [2.45, 2.75) is 63.9 Å². The summed E-state index contributed by atoms with van der Waals surface area (Å²) in [5, 5.41) is 19.8. The fourth-order valence-corrected chi connectivity index (χ4v) is 3.82. The van der Waals surface area contributed by atoms with Gasteiger partial charge in [-0.3, -0.25) is 9.35 Å². The van der Waals surface area contributed by atoms with Gasteiger partial charge in [0.05, 0.1) is 12.4 Å². The van der Waals surface area contributed by atoms with Crippen LogP contribution >= 0.6 is 0 Å². The van der Waals surface area contributed by atoms with Gasteiger partial charge in [-0.05, 0) is 12.0 Å². The molecule has 0 saturated heterocycles. The van der Waals surface area contributed by atoms with E-state index in [0.717, 1.165) is 12.8 Å². The Labute approximate surface area is 192 Å². The lowest BCUT2D eigenvalue weighted by atomic mass is 9.87. The SMILES string of the molecule is CCCCCCCCCCS(=O)(=O)O.O=C(c1ccccc1)C(O)(CO)c1ccccc1. The molecule has 2 aromatic carbocycles. The topological polar surface area (TPSA) is 112 Å². The van der Waals surface area contributed by atoms with Gasteiger partial charge in [-0.1, -0.05) is 113 Å². The number of unbranched alkanes of at least 4 members (excludes halogenated alkanes) is 7. The number of ketones is 1. The van der Waals surface area contributed by atoms with Crippen LogP contribution in [0.1, 0.15) is 74.2 Å². The minimum atomic E-state index is -3.73. The van der Waals surface area contributed by atoms with Crippen LogP contribution in [0.4, 0.5) is 0 Å². The Balaban J connectivity index is 0.000000333. The number of benzene rings is 2. The van der Waals surface area contributed by atoms with Crippen molar-refractivity contribution in [3.63, 3.8) is 0 Å². The zero-order chi connectivity index (χ0) is 23.9. The number of carbonyl (C=O) groups is 1. The van der Waals surface area contributed by atoms with Gasteiger partial charge in [-0.15, -0.1) is 0 Å². The molecule has 0 radical (unpaired) electrons. The quantitative estimate of drug-likeness (QED) is 0.224. The van der Waals surface area contributed by atoms with Crippen LogP contribution in [0.3, 0.4) is 0 Å². The zero-order valence-electron chi connectivity index (χ0n) is 18.8. The molecule has 0 fully saturated rings. The lowest BCUT2D eigenvalue weighted by molar-refractivity contribution is -0.00399.